The van der Waals surface area contributed by atoms with Crippen molar-refractivity contribution in [3.63, 3.8) is 0 Å². The van der Waals surface area contributed by atoms with E-state index < -0.39 is 13.3 Å². The number of rotatable bonds is 5. The maximum atomic E-state index is 13.4. The number of ketones is 1. The van der Waals surface area contributed by atoms with Crippen molar-refractivity contribution < 1.29 is 14.2 Å². The van der Waals surface area contributed by atoms with Gasteiger partial charge < -0.3 is 0 Å². The van der Waals surface area contributed by atoms with Gasteiger partial charge in [0.25, 0.3) is 0 Å². The van der Waals surface area contributed by atoms with Crippen LogP contribution in [0.5, 0.6) is 0 Å². The quantitative estimate of drug-likeness (QED) is 0.402. The second kappa shape index (κ2) is 8.23. The molecule has 0 aliphatic rings. The molecule has 3 rings (SSSR count). The molecule has 0 amide bonds. The second-order valence-electron chi connectivity index (χ2n) is 7.47. The molecule has 0 aromatic heterocycles. The van der Waals surface area contributed by atoms with Crippen LogP contribution in [0.4, 0.5) is 0 Å². The third kappa shape index (κ3) is 3.97. The second-order valence-corrected chi connectivity index (χ2v) is 8.98. The van der Waals surface area contributed by atoms with Crippen molar-refractivity contribution in [3.05, 3.63) is 99.1 Å². The minimum absolute atomic E-state index is 0.110. The summed E-state index contributed by atoms with van der Waals surface area (Å²) in [7, 11) is -2.25. The Bertz CT molecular complexity index is 1120. The van der Waals surface area contributed by atoms with E-state index in [-0.39, 0.29) is 5.78 Å². The largest absolute Gasteiger partial charge is 0.289 e. The Hall–Kier alpha value is -2.90. The zero-order valence-electron chi connectivity index (χ0n) is 17.4. The first kappa shape index (κ1) is 20.8. The molecule has 0 aliphatic carbocycles. The van der Waals surface area contributed by atoms with Crippen LogP contribution >= 0.6 is 7.80 Å². The van der Waals surface area contributed by atoms with Crippen LogP contribution in [-0.2, 0) is 4.57 Å². The summed E-state index contributed by atoms with van der Waals surface area (Å²) in [5.41, 5.74) is 5.31. The fraction of sp³-hybridized carbons (Fsp3) is 0.200. The Kier molecular flexibility index (Phi) is 5.91. The van der Waals surface area contributed by atoms with Gasteiger partial charge in [0.2, 0.25) is 5.52 Å². The molecule has 147 valence electrons. The molecule has 0 aliphatic heterocycles. The van der Waals surface area contributed by atoms with E-state index in [9.17, 15) is 14.2 Å². The number of benzene rings is 3. The molecule has 3 aromatic rings. The molecule has 0 N–H and O–H groups in total. The topological polar surface area (TPSA) is 51.2 Å². The maximum absolute atomic E-state index is 13.4. The molecule has 4 heteroatoms. The number of aryl methyl sites for hydroxylation is 4. The Balaban J connectivity index is 2.10. The highest BCUT2D eigenvalue weighted by atomic mass is 31.1. The van der Waals surface area contributed by atoms with Crippen molar-refractivity contribution in [1.82, 2.24) is 0 Å². The van der Waals surface area contributed by atoms with E-state index in [0.29, 0.717) is 27.6 Å². The van der Waals surface area contributed by atoms with E-state index in [1.54, 1.807) is 43.3 Å². The Labute approximate surface area is 172 Å². The molecule has 0 bridgehead atoms. The average molecular weight is 403 g/mol. The van der Waals surface area contributed by atoms with Crippen LogP contribution in [0.25, 0.3) is 0 Å². The summed E-state index contributed by atoms with van der Waals surface area (Å²) in [6.07, 6.45) is 0. The molecule has 1 unspecified atom stereocenters. The van der Waals surface area contributed by atoms with Crippen molar-refractivity contribution in [2.45, 2.75) is 34.6 Å². The zero-order valence-corrected chi connectivity index (χ0v) is 18.3. The van der Waals surface area contributed by atoms with Gasteiger partial charge >= 0.3 is 0 Å². The van der Waals surface area contributed by atoms with Crippen LogP contribution in [0, 0.1) is 34.6 Å². The van der Waals surface area contributed by atoms with Crippen LogP contribution in [0.15, 0.2) is 54.6 Å². The lowest BCUT2D eigenvalue weighted by Gasteiger charge is -2.15. The van der Waals surface area contributed by atoms with E-state index in [4.69, 9.17) is 0 Å². The van der Waals surface area contributed by atoms with Crippen LogP contribution in [0.2, 0.25) is 0 Å². The van der Waals surface area contributed by atoms with Gasteiger partial charge in [-0.25, -0.2) is 0 Å². The normalized spacial score (nSPS) is 11.3. The lowest BCUT2D eigenvalue weighted by molar-refractivity contribution is 0.103. The van der Waals surface area contributed by atoms with Gasteiger partial charge in [-0.05, 0) is 69.0 Å². The summed E-state index contributed by atoms with van der Waals surface area (Å²) < 4.78 is 12.9. The summed E-state index contributed by atoms with van der Waals surface area (Å²) in [5.74, 6) is -0.110. The van der Waals surface area contributed by atoms with E-state index in [2.05, 4.69) is 0 Å². The predicted molar refractivity (Wildman–Crippen MR) is 118 cm³/mol. The first-order chi connectivity index (χ1) is 13.7. The highest BCUT2D eigenvalue weighted by Crippen LogP contribution is 2.32. The number of hydrogen-bond donors (Lipinski definition) is 0. The standard InChI is InChI=1S/C25H24O3P/c1-15-13-17(3)22(18(4)14-15)24(26)21-12-11-16(2)23(19(21)5)25(27)29(28)20-9-7-6-8-10-20/h6-14H,1-5H3. The number of carbonyl (C=O) groups is 2. The predicted octanol–water partition coefficient (Wildman–Crippen LogP) is 5.75. The molecule has 1 atom stereocenters. The lowest BCUT2D eigenvalue weighted by atomic mass is 9.89. The molecular formula is C25H24O3P. The minimum atomic E-state index is -2.25. The Morgan fingerprint density at radius 2 is 1.31 bits per heavy atom. The monoisotopic (exact) mass is 403 g/mol. The molecule has 0 saturated carbocycles. The van der Waals surface area contributed by atoms with Crippen LogP contribution < -0.4 is 5.30 Å². The van der Waals surface area contributed by atoms with Gasteiger partial charge in [-0.2, -0.15) is 0 Å². The average Bonchev–Trinajstić information content (AvgIpc) is 2.67. The SMILES string of the molecule is Cc1cc(C)c(C(=O)c2ccc(C)c(C(=O)[P](=O)c3ccccc3)c2C)c(C)c1. The molecule has 3 aromatic carbocycles. The number of hydrogen-bond acceptors (Lipinski definition) is 3. The van der Waals surface area contributed by atoms with Gasteiger partial charge in [-0.15, -0.1) is 0 Å². The summed E-state index contributed by atoms with van der Waals surface area (Å²) >= 11 is 0. The van der Waals surface area contributed by atoms with Gasteiger partial charge in [-0.1, -0.05) is 48.0 Å². The van der Waals surface area contributed by atoms with E-state index in [1.165, 1.54) is 0 Å². The van der Waals surface area contributed by atoms with Crippen LogP contribution in [0.1, 0.15) is 54.1 Å². The van der Waals surface area contributed by atoms with Crippen molar-refractivity contribution in [3.8, 4) is 0 Å². The third-order valence-electron chi connectivity index (χ3n) is 5.21. The van der Waals surface area contributed by atoms with Crippen LogP contribution in [-0.4, -0.2) is 11.3 Å². The fourth-order valence-electron chi connectivity index (χ4n) is 3.88. The van der Waals surface area contributed by atoms with E-state index >= 15 is 0 Å². The maximum Gasteiger partial charge on any atom is 0.247 e. The smallest absolute Gasteiger partial charge is 0.247 e. The van der Waals surface area contributed by atoms with E-state index in [0.717, 1.165) is 22.3 Å². The number of carbonyl (C=O) groups excluding carboxylic acids is 2. The first-order valence-corrected chi connectivity index (χ1v) is 10.8. The molecule has 0 spiro atoms. The van der Waals surface area contributed by atoms with Gasteiger partial charge in [0, 0.05) is 22.0 Å². The van der Waals surface area contributed by atoms with Gasteiger partial charge in [-0.3, -0.25) is 14.2 Å². The minimum Gasteiger partial charge on any atom is -0.289 e. The summed E-state index contributed by atoms with van der Waals surface area (Å²) in [6, 6.07) is 16.2. The van der Waals surface area contributed by atoms with Crippen molar-refractivity contribution >= 4 is 24.4 Å². The molecular weight excluding hydrogens is 379 g/mol. The van der Waals surface area contributed by atoms with Gasteiger partial charge in [0.05, 0.1) is 0 Å². The van der Waals surface area contributed by atoms with E-state index in [1.807, 2.05) is 45.9 Å². The molecule has 29 heavy (non-hydrogen) atoms. The Morgan fingerprint density at radius 3 is 1.90 bits per heavy atom. The summed E-state index contributed by atoms with van der Waals surface area (Å²) in [4.78, 5) is 26.4. The molecule has 0 saturated heterocycles. The zero-order chi connectivity index (χ0) is 21.3. The lowest BCUT2D eigenvalue weighted by Crippen LogP contribution is -2.13. The highest BCUT2D eigenvalue weighted by molar-refractivity contribution is 7.71. The Morgan fingerprint density at radius 1 is 0.724 bits per heavy atom. The van der Waals surface area contributed by atoms with Crippen molar-refractivity contribution in [1.29, 1.82) is 0 Å². The summed E-state index contributed by atoms with van der Waals surface area (Å²) in [5, 5.41) is 0.494. The third-order valence-corrected chi connectivity index (χ3v) is 6.57. The molecule has 3 nitrogen and oxygen atoms in total. The molecule has 0 heterocycles. The molecule has 0 fully saturated rings. The molecule has 1 radical (unpaired) electrons. The van der Waals surface area contributed by atoms with Gasteiger partial charge in [0.1, 0.15) is 0 Å². The highest BCUT2D eigenvalue weighted by Gasteiger charge is 2.25. The van der Waals surface area contributed by atoms with Crippen molar-refractivity contribution in [2.75, 3.05) is 0 Å². The summed E-state index contributed by atoms with van der Waals surface area (Å²) in [6.45, 7) is 9.43. The first-order valence-electron chi connectivity index (χ1n) is 9.51. The van der Waals surface area contributed by atoms with Gasteiger partial charge in [0.15, 0.2) is 13.6 Å². The van der Waals surface area contributed by atoms with Crippen molar-refractivity contribution in [2.24, 2.45) is 0 Å². The fourth-order valence-corrected chi connectivity index (χ4v) is 5.10. The van der Waals surface area contributed by atoms with Crippen LogP contribution in [0.3, 0.4) is 0 Å².